The van der Waals surface area contributed by atoms with Crippen molar-refractivity contribution in [2.24, 2.45) is 0 Å². The highest BCUT2D eigenvalue weighted by atomic mass is 19.1. The third kappa shape index (κ3) is 5.59. The molecule has 2 amide bonds. The van der Waals surface area contributed by atoms with Gasteiger partial charge in [0.05, 0.1) is 6.54 Å². The molecule has 5 heteroatoms. The number of rotatable bonds is 7. The van der Waals surface area contributed by atoms with Crippen LogP contribution in [0.1, 0.15) is 19.8 Å². The molecule has 4 nitrogen and oxygen atoms in total. The molecule has 1 aromatic carbocycles. The number of nitrogens with one attached hydrogen (secondary N) is 1. The second kappa shape index (κ2) is 8.34. The van der Waals surface area contributed by atoms with E-state index in [1.165, 1.54) is 6.07 Å². The highest BCUT2D eigenvalue weighted by molar-refractivity contribution is 5.73. The summed E-state index contributed by atoms with van der Waals surface area (Å²) in [6.45, 7) is 3.41. The number of carbonyl (C=O) groups is 1. The Morgan fingerprint density at radius 3 is 2.84 bits per heavy atom. The lowest BCUT2D eigenvalue weighted by atomic mass is 10.3. The number of amides is 2. The fourth-order valence-electron chi connectivity index (χ4n) is 1.51. The highest BCUT2D eigenvalue weighted by Crippen LogP contribution is 2.14. The summed E-state index contributed by atoms with van der Waals surface area (Å²) in [5.41, 5.74) is 0. The van der Waals surface area contributed by atoms with Gasteiger partial charge in [0.2, 0.25) is 0 Å². The van der Waals surface area contributed by atoms with Gasteiger partial charge in [0.1, 0.15) is 6.61 Å². The van der Waals surface area contributed by atoms with Crippen molar-refractivity contribution in [3.63, 3.8) is 0 Å². The van der Waals surface area contributed by atoms with Crippen molar-refractivity contribution >= 4 is 6.03 Å². The summed E-state index contributed by atoms with van der Waals surface area (Å²) in [4.78, 5) is 13.2. The van der Waals surface area contributed by atoms with E-state index in [1.807, 2.05) is 0 Å². The van der Waals surface area contributed by atoms with Crippen molar-refractivity contribution in [3.05, 3.63) is 30.1 Å². The first-order valence-corrected chi connectivity index (χ1v) is 6.51. The number of ether oxygens (including phenoxy) is 1. The molecule has 19 heavy (non-hydrogen) atoms. The van der Waals surface area contributed by atoms with Gasteiger partial charge < -0.3 is 15.0 Å². The second-order valence-electron chi connectivity index (χ2n) is 4.29. The van der Waals surface area contributed by atoms with Crippen molar-refractivity contribution in [2.45, 2.75) is 19.8 Å². The minimum Gasteiger partial charge on any atom is -0.489 e. The molecule has 0 aliphatic carbocycles. The molecule has 106 valence electrons. The van der Waals surface area contributed by atoms with Crippen molar-refractivity contribution in [3.8, 4) is 5.75 Å². The van der Waals surface area contributed by atoms with Gasteiger partial charge >= 0.3 is 6.03 Å². The number of benzene rings is 1. The Morgan fingerprint density at radius 2 is 2.16 bits per heavy atom. The SMILES string of the molecule is CCCCN(C)C(=O)NCCOc1ccccc1F. The molecule has 0 aliphatic rings. The molecule has 0 fully saturated rings. The minimum atomic E-state index is -0.395. The lowest BCUT2D eigenvalue weighted by molar-refractivity contribution is 0.204. The third-order valence-electron chi connectivity index (χ3n) is 2.67. The van der Waals surface area contributed by atoms with Crippen molar-refractivity contribution < 1.29 is 13.9 Å². The fraction of sp³-hybridized carbons (Fsp3) is 0.500. The number of para-hydroxylation sites is 1. The van der Waals surface area contributed by atoms with Gasteiger partial charge in [-0.05, 0) is 18.6 Å². The van der Waals surface area contributed by atoms with Crippen LogP contribution in [0, 0.1) is 5.82 Å². The molecule has 1 aromatic rings. The van der Waals surface area contributed by atoms with Crippen molar-refractivity contribution in [1.82, 2.24) is 10.2 Å². The van der Waals surface area contributed by atoms with Gasteiger partial charge in [-0.2, -0.15) is 0 Å². The summed E-state index contributed by atoms with van der Waals surface area (Å²) in [7, 11) is 1.75. The zero-order valence-corrected chi connectivity index (χ0v) is 11.5. The number of urea groups is 1. The van der Waals surface area contributed by atoms with Crippen LogP contribution in [-0.4, -0.2) is 37.7 Å². The minimum absolute atomic E-state index is 0.134. The highest BCUT2D eigenvalue weighted by Gasteiger charge is 2.07. The molecule has 0 heterocycles. The molecule has 0 saturated carbocycles. The normalized spacial score (nSPS) is 10.1. The van der Waals surface area contributed by atoms with Gasteiger partial charge in [-0.1, -0.05) is 25.5 Å². The Labute approximate surface area is 113 Å². The number of unbranched alkanes of at least 4 members (excludes halogenated alkanes) is 1. The molecule has 0 aliphatic heterocycles. The lowest BCUT2D eigenvalue weighted by Crippen LogP contribution is -2.39. The Balaban J connectivity index is 2.20. The van der Waals surface area contributed by atoms with Gasteiger partial charge in [-0.3, -0.25) is 0 Å². The van der Waals surface area contributed by atoms with Crippen LogP contribution in [0.25, 0.3) is 0 Å². The molecular formula is C14H21FN2O2. The van der Waals surface area contributed by atoms with E-state index in [0.717, 1.165) is 19.4 Å². The zero-order valence-electron chi connectivity index (χ0n) is 11.5. The molecule has 0 saturated heterocycles. The van der Waals surface area contributed by atoms with E-state index in [9.17, 15) is 9.18 Å². The summed E-state index contributed by atoms with van der Waals surface area (Å²) < 4.78 is 18.5. The molecule has 0 bridgehead atoms. The van der Waals surface area contributed by atoms with Gasteiger partial charge in [0, 0.05) is 13.6 Å². The molecular weight excluding hydrogens is 247 g/mol. The Kier molecular flexibility index (Phi) is 6.71. The van der Waals surface area contributed by atoms with Crippen LogP contribution in [0.15, 0.2) is 24.3 Å². The maximum atomic E-state index is 13.2. The number of nitrogens with zero attached hydrogens (tertiary/aromatic N) is 1. The predicted octanol–water partition coefficient (Wildman–Crippen LogP) is 2.65. The first kappa shape index (κ1) is 15.3. The van der Waals surface area contributed by atoms with Crippen molar-refractivity contribution in [1.29, 1.82) is 0 Å². The maximum Gasteiger partial charge on any atom is 0.317 e. The smallest absolute Gasteiger partial charge is 0.317 e. The van der Waals surface area contributed by atoms with E-state index >= 15 is 0 Å². The summed E-state index contributed by atoms with van der Waals surface area (Å²) in [5.74, 6) is -0.190. The molecule has 1 N–H and O–H groups in total. The van der Waals surface area contributed by atoms with Crippen LogP contribution in [-0.2, 0) is 0 Å². The van der Waals surface area contributed by atoms with E-state index in [-0.39, 0.29) is 18.4 Å². The summed E-state index contributed by atoms with van der Waals surface area (Å²) in [6.07, 6.45) is 2.03. The predicted molar refractivity (Wildman–Crippen MR) is 72.8 cm³/mol. The molecule has 0 unspecified atom stereocenters. The first-order valence-electron chi connectivity index (χ1n) is 6.51. The van der Waals surface area contributed by atoms with Crippen LogP contribution in [0.2, 0.25) is 0 Å². The second-order valence-corrected chi connectivity index (χ2v) is 4.29. The Hall–Kier alpha value is -1.78. The Bertz CT molecular complexity index is 399. The average Bonchev–Trinajstić information content (AvgIpc) is 2.42. The van der Waals surface area contributed by atoms with Gasteiger partial charge in [0.15, 0.2) is 11.6 Å². The number of hydrogen-bond donors (Lipinski definition) is 1. The van der Waals surface area contributed by atoms with E-state index in [2.05, 4.69) is 12.2 Å². The Morgan fingerprint density at radius 1 is 1.42 bits per heavy atom. The fourth-order valence-corrected chi connectivity index (χ4v) is 1.51. The monoisotopic (exact) mass is 268 g/mol. The molecule has 0 radical (unpaired) electrons. The van der Waals surface area contributed by atoms with Crippen LogP contribution in [0.4, 0.5) is 9.18 Å². The van der Waals surface area contributed by atoms with Crippen LogP contribution >= 0.6 is 0 Å². The van der Waals surface area contributed by atoms with Crippen LogP contribution < -0.4 is 10.1 Å². The van der Waals surface area contributed by atoms with Gasteiger partial charge in [0.25, 0.3) is 0 Å². The summed E-state index contributed by atoms with van der Waals surface area (Å²) >= 11 is 0. The number of hydrogen-bond acceptors (Lipinski definition) is 2. The average molecular weight is 268 g/mol. The molecule has 1 rings (SSSR count). The van der Waals surface area contributed by atoms with E-state index < -0.39 is 5.82 Å². The lowest BCUT2D eigenvalue weighted by Gasteiger charge is -2.17. The first-order chi connectivity index (χ1) is 9.15. The number of halogens is 1. The van der Waals surface area contributed by atoms with Gasteiger partial charge in [-0.15, -0.1) is 0 Å². The molecule has 0 spiro atoms. The van der Waals surface area contributed by atoms with Gasteiger partial charge in [-0.25, -0.2) is 9.18 Å². The third-order valence-corrected chi connectivity index (χ3v) is 2.67. The maximum absolute atomic E-state index is 13.2. The van der Waals surface area contributed by atoms with Crippen molar-refractivity contribution in [2.75, 3.05) is 26.7 Å². The standard InChI is InChI=1S/C14H21FN2O2/c1-3-4-10-17(2)14(18)16-9-11-19-13-8-6-5-7-12(13)15/h5-8H,3-4,9-11H2,1-2H3,(H,16,18). The summed E-state index contributed by atoms with van der Waals surface area (Å²) in [6, 6.07) is 6.07. The van der Waals surface area contributed by atoms with E-state index in [4.69, 9.17) is 4.74 Å². The van der Waals surface area contributed by atoms with Crippen LogP contribution in [0.5, 0.6) is 5.75 Å². The number of carbonyl (C=O) groups excluding carboxylic acids is 1. The van der Waals surface area contributed by atoms with Crippen LogP contribution in [0.3, 0.4) is 0 Å². The largest absolute Gasteiger partial charge is 0.489 e. The quantitative estimate of drug-likeness (QED) is 0.772. The van der Waals surface area contributed by atoms with E-state index in [1.54, 1.807) is 30.1 Å². The molecule has 0 atom stereocenters. The summed E-state index contributed by atoms with van der Waals surface area (Å²) in [5, 5.41) is 2.72. The topological polar surface area (TPSA) is 41.6 Å². The zero-order chi connectivity index (χ0) is 14.1. The van der Waals surface area contributed by atoms with E-state index in [0.29, 0.717) is 6.54 Å². The molecule has 0 aromatic heterocycles.